The van der Waals surface area contributed by atoms with Crippen LogP contribution in [-0.2, 0) is 17.9 Å². The van der Waals surface area contributed by atoms with Crippen LogP contribution in [0.1, 0.15) is 5.82 Å². The maximum atomic E-state index is 5.26. The zero-order chi connectivity index (χ0) is 7.68. The normalized spacial score (nSPS) is 16.5. The van der Waals surface area contributed by atoms with Crippen molar-refractivity contribution >= 4 is 11.8 Å². The minimum absolute atomic E-state index is 0.667. The molecule has 0 saturated carbocycles. The highest BCUT2D eigenvalue weighted by atomic mass is 32.2. The van der Waals surface area contributed by atoms with E-state index in [0.29, 0.717) is 6.61 Å². The van der Waals surface area contributed by atoms with E-state index in [9.17, 15) is 0 Å². The molecule has 4 heteroatoms. The predicted molar refractivity (Wildman–Crippen MR) is 43.7 cm³/mol. The summed E-state index contributed by atoms with van der Waals surface area (Å²) in [6.07, 6.45) is 4.12. The molecule has 0 saturated heterocycles. The fraction of sp³-hybridized carbons (Fsp3) is 0.571. The van der Waals surface area contributed by atoms with Crippen molar-refractivity contribution in [2.24, 2.45) is 0 Å². The Kier molecular flexibility index (Phi) is 1.87. The molecule has 1 aliphatic rings. The lowest BCUT2D eigenvalue weighted by molar-refractivity contribution is 0.0816. The van der Waals surface area contributed by atoms with E-state index in [1.165, 1.54) is 0 Å². The second-order valence-corrected chi connectivity index (χ2v) is 3.27. The number of ether oxygens (including phenoxy) is 1. The molecule has 2 heterocycles. The van der Waals surface area contributed by atoms with Gasteiger partial charge in [-0.3, -0.25) is 0 Å². The van der Waals surface area contributed by atoms with Gasteiger partial charge in [0.25, 0.3) is 0 Å². The first-order valence-corrected chi connectivity index (χ1v) is 4.80. The van der Waals surface area contributed by atoms with Crippen LogP contribution < -0.4 is 0 Å². The van der Waals surface area contributed by atoms with E-state index in [1.807, 2.05) is 6.26 Å². The molecule has 2 rings (SSSR count). The summed E-state index contributed by atoms with van der Waals surface area (Å²) in [4.78, 5) is 4.37. The molecule has 0 amide bonds. The van der Waals surface area contributed by atoms with Gasteiger partial charge < -0.3 is 9.30 Å². The van der Waals surface area contributed by atoms with Crippen LogP contribution in [0.25, 0.3) is 0 Å². The first-order valence-electron chi connectivity index (χ1n) is 3.58. The quantitative estimate of drug-likeness (QED) is 0.591. The van der Waals surface area contributed by atoms with Gasteiger partial charge >= 0.3 is 0 Å². The Morgan fingerprint density at radius 2 is 2.64 bits per heavy atom. The smallest absolute Gasteiger partial charge is 0.136 e. The van der Waals surface area contributed by atoms with Gasteiger partial charge in [-0.15, -0.1) is 11.8 Å². The average Bonchev–Trinajstić information content (AvgIpc) is 2.46. The Labute approximate surface area is 69.8 Å². The van der Waals surface area contributed by atoms with Gasteiger partial charge in [0.05, 0.1) is 6.61 Å². The molecule has 1 aliphatic heterocycles. The Morgan fingerprint density at radius 1 is 1.73 bits per heavy atom. The third-order valence-corrected chi connectivity index (χ3v) is 2.37. The standard InChI is InChI=1S/C7H10N2OS/c1-11-7-4-9-2-3-10-5-6(9)8-7/h4H,2-3,5H2,1H3. The van der Waals surface area contributed by atoms with E-state index >= 15 is 0 Å². The van der Waals surface area contributed by atoms with Crippen LogP contribution in [0.2, 0.25) is 0 Å². The minimum atomic E-state index is 0.667. The van der Waals surface area contributed by atoms with Gasteiger partial charge in [-0.05, 0) is 6.26 Å². The van der Waals surface area contributed by atoms with Crippen LogP contribution in [0.4, 0.5) is 0 Å². The lowest BCUT2D eigenvalue weighted by Gasteiger charge is -2.12. The zero-order valence-corrected chi connectivity index (χ0v) is 7.23. The highest BCUT2D eigenvalue weighted by molar-refractivity contribution is 7.98. The highest BCUT2D eigenvalue weighted by Crippen LogP contribution is 2.16. The Balaban J connectivity index is 2.32. The molecule has 11 heavy (non-hydrogen) atoms. The molecule has 0 radical (unpaired) electrons. The number of hydrogen-bond acceptors (Lipinski definition) is 3. The second-order valence-electron chi connectivity index (χ2n) is 2.45. The lowest BCUT2D eigenvalue weighted by Crippen LogP contribution is -2.15. The summed E-state index contributed by atoms with van der Waals surface area (Å²) >= 11 is 1.67. The van der Waals surface area contributed by atoms with E-state index in [2.05, 4.69) is 15.7 Å². The van der Waals surface area contributed by atoms with E-state index in [0.717, 1.165) is 24.0 Å². The molecule has 1 aromatic rings. The van der Waals surface area contributed by atoms with E-state index in [-0.39, 0.29) is 0 Å². The van der Waals surface area contributed by atoms with Crippen molar-refractivity contribution in [2.75, 3.05) is 12.9 Å². The van der Waals surface area contributed by atoms with Crippen LogP contribution in [0.3, 0.4) is 0 Å². The molecule has 0 aromatic carbocycles. The molecule has 0 fully saturated rings. The van der Waals surface area contributed by atoms with Gasteiger partial charge in [-0.1, -0.05) is 0 Å². The fourth-order valence-electron chi connectivity index (χ4n) is 1.16. The summed E-state index contributed by atoms with van der Waals surface area (Å²) in [6, 6.07) is 0. The van der Waals surface area contributed by atoms with Gasteiger partial charge in [0.2, 0.25) is 0 Å². The lowest BCUT2D eigenvalue weighted by atomic mass is 10.5. The molecule has 60 valence electrons. The van der Waals surface area contributed by atoms with E-state index in [1.54, 1.807) is 11.8 Å². The molecule has 1 aromatic heterocycles. The molecule has 0 aliphatic carbocycles. The number of thioether (sulfide) groups is 1. The van der Waals surface area contributed by atoms with Gasteiger partial charge in [-0.2, -0.15) is 0 Å². The largest absolute Gasteiger partial charge is 0.372 e. The van der Waals surface area contributed by atoms with Crippen LogP contribution >= 0.6 is 11.8 Å². The van der Waals surface area contributed by atoms with E-state index in [4.69, 9.17) is 4.74 Å². The van der Waals surface area contributed by atoms with Gasteiger partial charge in [0.1, 0.15) is 17.5 Å². The SMILES string of the molecule is CSc1cn2c(n1)COCC2. The maximum Gasteiger partial charge on any atom is 0.136 e. The highest BCUT2D eigenvalue weighted by Gasteiger charge is 2.11. The molecular formula is C7H10N2OS. The van der Waals surface area contributed by atoms with Gasteiger partial charge in [-0.25, -0.2) is 4.98 Å². The summed E-state index contributed by atoms with van der Waals surface area (Å²) in [5.41, 5.74) is 0. The van der Waals surface area contributed by atoms with Gasteiger partial charge in [0.15, 0.2) is 0 Å². The van der Waals surface area contributed by atoms with Crippen molar-refractivity contribution in [3.05, 3.63) is 12.0 Å². The molecule has 0 bridgehead atoms. The summed E-state index contributed by atoms with van der Waals surface area (Å²) in [5, 5.41) is 1.09. The first kappa shape index (κ1) is 7.18. The van der Waals surface area contributed by atoms with Crippen molar-refractivity contribution in [1.29, 1.82) is 0 Å². The van der Waals surface area contributed by atoms with E-state index < -0.39 is 0 Å². The van der Waals surface area contributed by atoms with Crippen molar-refractivity contribution in [3.8, 4) is 0 Å². The van der Waals surface area contributed by atoms with Crippen LogP contribution in [0.15, 0.2) is 11.2 Å². The number of hydrogen-bond donors (Lipinski definition) is 0. The molecular weight excluding hydrogens is 160 g/mol. The molecule has 0 atom stereocenters. The summed E-state index contributed by atoms with van der Waals surface area (Å²) < 4.78 is 7.42. The Hall–Kier alpha value is -0.480. The average molecular weight is 170 g/mol. The number of fused-ring (bicyclic) bond motifs is 1. The summed E-state index contributed by atoms with van der Waals surface area (Å²) in [6.45, 7) is 2.43. The van der Waals surface area contributed by atoms with Crippen LogP contribution in [0, 0.1) is 0 Å². The van der Waals surface area contributed by atoms with Crippen LogP contribution in [-0.4, -0.2) is 22.4 Å². The van der Waals surface area contributed by atoms with Crippen molar-refractivity contribution in [2.45, 2.75) is 18.2 Å². The Bertz CT molecular complexity index is 235. The fourth-order valence-corrected chi connectivity index (χ4v) is 1.59. The first-order chi connectivity index (χ1) is 5.40. The minimum Gasteiger partial charge on any atom is -0.372 e. The number of rotatable bonds is 1. The Morgan fingerprint density at radius 3 is 3.36 bits per heavy atom. The van der Waals surface area contributed by atoms with Crippen LogP contribution in [0.5, 0.6) is 0 Å². The third-order valence-electron chi connectivity index (χ3n) is 1.75. The van der Waals surface area contributed by atoms with Crippen molar-refractivity contribution in [3.63, 3.8) is 0 Å². The molecule has 0 spiro atoms. The molecule has 3 nitrogen and oxygen atoms in total. The summed E-state index contributed by atoms with van der Waals surface area (Å²) in [5.74, 6) is 1.06. The molecule has 0 unspecified atom stereocenters. The zero-order valence-electron chi connectivity index (χ0n) is 6.41. The maximum absolute atomic E-state index is 5.26. The number of imidazole rings is 1. The van der Waals surface area contributed by atoms with Gasteiger partial charge in [0, 0.05) is 12.7 Å². The third kappa shape index (κ3) is 1.28. The van der Waals surface area contributed by atoms with Crippen molar-refractivity contribution < 1.29 is 4.74 Å². The monoisotopic (exact) mass is 170 g/mol. The number of nitrogens with zero attached hydrogens (tertiary/aromatic N) is 2. The number of aromatic nitrogens is 2. The predicted octanol–water partition coefficient (Wildman–Crippen LogP) is 1.14. The van der Waals surface area contributed by atoms with Crippen molar-refractivity contribution in [1.82, 2.24) is 9.55 Å². The second kappa shape index (κ2) is 2.87. The molecule has 0 N–H and O–H groups in total. The summed E-state index contributed by atoms with van der Waals surface area (Å²) in [7, 11) is 0. The topological polar surface area (TPSA) is 27.1 Å².